The smallest absolute Gasteiger partial charge is 0.0562 e. The van der Waals surface area contributed by atoms with Crippen molar-refractivity contribution in [3.63, 3.8) is 0 Å². The molecule has 1 atom stereocenters. The number of aromatic nitrogens is 1. The van der Waals surface area contributed by atoms with Crippen molar-refractivity contribution in [1.82, 2.24) is 10.3 Å². The Hall–Kier alpha value is -1.09. The van der Waals surface area contributed by atoms with Gasteiger partial charge in [0.05, 0.1) is 5.69 Å². The molecule has 0 spiro atoms. The Balaban J connectivity index is 1.99. The summed E-state index contributed by atoms with van der Waals surface area (Å²) in [4.78, 5) is 6.95. The molecule has 1 aliphatic heterocycles. The molecule has 0 bridgehead atoms. The van der Waals surface area contributed by atoms with Crippen molar-refractivity contribution >= 4 is 5.69 Å². The highest BCUT2D eigenvalue weighted by Gasteiger charge is 2.25. The summed E-state index contributed by atoms with van der Waals surface area (Å²) in [5, 5.41) is 3.43. The third-order valence-electron chi connectivity index (χ3n) is 4.02. The molecule has 1 aromatic rings. The fraction of sp³-hybridized carbons (Fsp3) is 0.688. The standard InChI is InChI=1S/C16H27N3/c1-12(2)14-6-8-19(11-14)16-5-7-17-15(9-16)10-18-13(3)4/h5,7,9,12-14,18H,6,8,10-11H2,1-4H3. The second-order valence-corrected chi connectivity index (χ2v) is 6.28. The van der Waals surface area contributed by atoms with E-state index < -0.39 is 0 Å². The molecular weight excluding hydrogens is 234 g/mol. The summed E-state index contributed by atoms with van der Waals surface area (Å²) >= 11 is 0. The van der Waals surface area contributed by atoms with Crippen LogP contribution in [0.1, 0.15) is 39.8 Å². The molecular formula is C16H27N3. The minimum Gasteiger partial charge on any atom is -0.371 e. The molecule has 1 fully saturated rings. The molecule has 0 amide bonds. The quantitative estimate of drug-likeness (QED) is 0.883. The first-order valence-corrected chi connectivity index (χ1v) is 7.49. The van der Waals surface area contributed by atoms with E-state index in [0.29, 0.717) is 6.04 Å². The van der Waals surface area contributed by atoms with E-state index >= 15 is 0 Å². The number of anilines is 1. The Labute approximate surface area is 117 Å². The van der Waals surface area contributed by atoms with Crippen molar-refractivity contribution in [1.29, 1.82) is 0 Å². The van der Waals surface area contributed by atoms with Gasteiger partial charge < -0.3 is 10.2 Å². The number of rotatable bonds is 5. The van der Waals surface area contributed by atoms with Crippen LogP contribution < -0.4 is 10.2 Å². The highest BCUT2D eigenvalue weighted by atomic mass is 15.2. The largest absolute Gasteiger partial charge is 0.371 e. The van der Waals surface area contributed by atoms with Crippen molar-refractivity contribution in [2.45, 2.75) is 46.7 Å². The van der Waals surface area contributed by atoms with Crippen LogP contribution >= 0.6 is 0 Å². The van der Waals surface area contributed by atoms with E-state index in [-0.39, 0.29) is 0 Å². The first-order valence-electron chi connectivity index (χ1n) is 7.49. The Morgan fingerprint density at radius 1 is 1.37 bits per heavy atom. The summed E-state index contributed by atoms with van der Waals surface area (Å²) in [5.41, 5.74) is 2.47. The third-order valence-corrected chi connectivity index (χ3v) is 4.02. The molecule has 0 aliphatic carbocycles. The monoisotopic (exact) mass is 261 g/mol. The van der Waals surface area contributed by atoms with Crippen LogP contribution in [0.15, 0.2) is 18.3 Å². The Kier molecular flexibility index (Phi) is 4.81. The molecule has 1 aliphatic rings. The maximum absolute atomic E-state index is 4.45. The van der Waals surface area contributed by atoms with Crippen molar-refractivity contribution in [2.24, 2.45) is 11.8 Å². The molecule has 0 radical (unpaired) electrons. The fourth-order valence-corrected chi connectivity index (χ4v) is 2.63. The highest BCUT2D eigenvalue weighted by molar-refractivity contribution is 5.47. The van der Waals surface area contributed by atoms with E-state index in [2.05, 4.69) is 55.0 Å². The number of hydrogen-bond donors (Lipinski definition) is 1. The summed E-state index contributed by atoms with van der Waals surface area (Å²) in [6.07, 6.45) is 3.26. The van der Waals surface area contributed by atoms with Crippen LogP contribution in [-0.4, -0.2) is 24.1 Å². The van der Waals surface area contributed by atoms with Gasteiger partial charge in [-0.3, -0.25) is 4.98 Å². The van der Waals surface area contributed by atoms with Crippen LogP contribution in [0.2, 0.25) is 0 Å². The second kappa shape index (κ2) is 6.38. The average molecular weight is 261 g/mol. The number of pyridine rings is 1. The van der Waals surface area contributed by atoms with Gasteiger partial charge in [-0.05, 0) is 30.4 Å². The second-order valence-electron chi connectivity index (χ2n) is 6.28. The maximum atomic E-state index is 4.45. The molecule has 3 nitrogen and oxygen atoms in total. The molecule has 2 rings (SSSR count). The number of hydrogen-bond acceptors (Lipinski definition) is 3. The van der Waals surface area contributed by atoms with Gasteiger partial charge in [0, 0.05) is 37.6 Å². The first-order chi connectivity index (χ1) is 9.06. The van der Waals surface area contributed by atoms with Crippen LogP contribution in [-0.2, 0) is 6.54 Å². The van der Waals surface area contributed by atoms with E-state index in [1.165, 1.54) is 25.2 Å². The predicted octanol–water partition coefficient (Wildman–Crippen LogP) is 3.06. The van der Waals surface area contributed by atoms with Gasteiger partial charge in [0.2, 0.25) is 0 Å². The predicted molar refractivity (Wildman–Crippen MR) is 81.4 cm³/mol. The number of nitrogens with zero attached hydrogens (tertiary/aromatic N) is 2. The molecule has 1 unspecified atom stereocenters. The first kappa shape index (κ1) is 14.3. The molecule has 1 saturated heterocycles. The summed E-state index contributed by atoms with van der Waals surface area (Å²) in [7, 11) is 0. The molecule has 1 N–H and O–H groups in total. The summed E-state index contributed by atoms with van der Waals surface area (Å²) in [6, 6.07) is 4.88. The lowest BCUT2D eigenvalue weighted by molar-refractivity contribution is 0.423. The van der Waals surface area contributed by atoms with Crippen LogP contribution in [0, 0.1) is 11.8 Å². The zero-order valence-corrected chi connectivity index (χ0v) is 12.7. The molecule has 3 heteroatoms. The Bertz CT molecular complexity index is 401. The molecule has 1 aromatic heterocycles. The normalized spacial score (nSPS) is 19.7. The van der Waals surface area contributed by atoms with Gasteiger partial charge in [0.15, 0.2) is 0 Å². The van der Waals surface area contributed by atoms with Gasteiger partial charge in [-0.15, -0.1) is 0 Å². The van der Waals surface area contributed by atoms with E-state index in [4.69, 9.17) is 0 Å². The van der Waals surface area contributed by atoms with Gasteiger partial charge in [0.25, 0.3) is 0 Å². The highest BCUT2D eigenvalue weighted by Crippen LogP contribution is 2.28. The number of nitrogens with one attached hydrogen (secondary N) is 1. The summed E-state index contributed by atoms with van der Waals surface area (Å²) in [6.45, 7) is 12.2. The SMILES string of the molecule is CC(C)NCc1cc(N2CCC(C(C)C)C2)ccn1. The van der Waals surface area contributed by atoms with Crippen molar-refractivity contribution in [3.8, 4) is 0 Å². The van der Waals surface area contributed by atoms with Gasteiger partial charge in [0.1, 0.15) is 0 Å². The Morgan fingerprint density at radius 3 is 2.79 bits per heavy atom. The van der Waals surface area contributed by atoms with Crippen LogP contribution in [0.4, 0.5) is 5.69 Å². The average Bonchev–Trinajstić information content (AvgIpc) is 2.86. The van der Waals surface area contributed by atoms with E-state index in [9.17, 15) is 0 Å². The van der Waals surface area contributed by atoms with Gasteiger partial charge in [-0.25, -0.2) is 0 Å². The summed E-state index contributed by atoms with van der Waals surface area (Å²) < 4.78 is 0. The van der Waals surface area contributed by atoms with Gasteiger partial charge >= 0.3 is 0 Å². The lowest BCUT2D eigenvalue weighted by Gasteiger charge is -2.20. The zero-order chi connectivity index (χ0) is 13.8. The topological polar surface area (TPSA) is 28.2 Å². The van der Waals surface area contributed by atoms with E-state index in [1.807, 2.05) is 6.20 Å². The lowest BCUT2D eigenvalue weighted by atomic mass is 9.95. The van der Waals surface area contributed by atoms with Crippen molar-refractivity contribution in [3.05, 3.63) is 24.0 Å². The van der Waals surface area contributed by atoms with Gasteiger partial charge in [-0.2, -0.15) is 0 Å². The van der Waals surface area contributed by atoms with Crippen molar-refractivity contribution < 1.29 is 0 Å². The van der Waals surface area contributed by atoms with Gasteiger partial charge in [-0.1, -0.05) is 27.7 Å². The molecule has 0 saturated carbocycles. The zero-order valence-electron chi connectivity index (χ0n) is 12.7. The summed E-state index contributed by atoms with van der Waals surface area (Å²) in [5.74, 6) is 1.62. The van der Waals surface area contributed by atoms with Crippen LogP contribution in [0.5, 0.6) is 0 Å². The van der Waals surface area contributed by atoms with Crippen molar-refractivity contribution in [2.75, 3.05) is 18.0 Å². The fourth-order valence-electron chi connectivity index (χ4n) is 2.63. The van der Waals surface area contributed by atoms with Crippen LogP contribution in [0.25, 0.3) is 0 Å². The maximum Gasteiger partial charge on any atom is 0.0562 e. The molecule has 19 heavy (non-hydrogen) atoms. The minimum atomic E-state index is 0.502. The molecule has 106 valence electrons. The molecule has 0 aromatic carbocycles. The molecule has 2 heterocycles. The third kappa shape index (κ3) is 3.93. The van der Waals surface area contributed by atoms with E-state index in [0.717, 1.165) is 24.1 Å². The lowest BCUT2D eigenvalue weighted by Crippen LogP contribution is -2.24. The van der Waals surface area contributed by atoms with Crippen LogP contribution in [0.3, 0.4) is 0 Å². The minimum absolute atomic E-state index is 0.502. The van der Waals surface area contributed by atoms with E-state index in [1.54, 1.807) is 0 Å². The Morgan fingerprint density at radius 2 is 2.16 bits per heavy atom.